The number of hydrogen-bond acceptors (Lipinski definition) is 11. The van der Waals surface area contributed by atoms with E-state index in [0.29, 0.717) is 49.0 Å². The summed E-state index contributed by atoms with van der Waals surface area (Å²) in [6.07, 6.45) is 5.51. The van der Waals surface area contributed by atoms with Gasteiger partial charge >= 0.3 is 158 Å². The van der Waals surface area contributed by atoms with E-state index in [-0.39, 0.29) is 49.1 Å². The Hall–Kier alpha value is -9.21. The fraction of sp³-hybridized carbons (Fsp3) is 0.350. The van der Waals surface area contributed by atoms with Gasteiger partial charge in [0.25, 0.3) is 0 Å². The molecular formula is C100H121N5O4S2Se. The number of nitriles is 1. The summed E-state index contributed by atoms with van der Waals surface area (Å²) in [4.78, 5) is 22.6. The summed E-state index contributed by atoms with van der Waals surface area (Å²) in [5.41, 5.74) is 17.3. The summed E-state index contributed by atoms with van der Waals surface area (Å²) < 4.78 is 1.27. The quantitative estimate of drug-likeness (QED) is 0.0509. The maximum absolute atomic E-state index is 11.6. The average Bonchev–Trinajstić information content (AvgIpc) is 0.780. The Bertz CT molecular complexity index is 5070. The third-order valence-corrected chi connectivity index (χ3v) is 22.6. The molecule has 9 nitrogen and oxygen atoms in total. The Morgan fingerprint density at radius 3 is 1.15 bits per heavy atom. The normalized spacial score (nSPS) is 12.7. The van der Waals surface area contributed by atoms with Gasteiger partial charge in [-0.1, -0.05) is 240 Å². The molecule has 0 aromatic heterocycles. The topological polar surface area (TPSA) is 154 Å². The molecule has 0 atom stereocenters. The third-order valence-electron chi connectivity index (χ3n) is 19.1. The number of nitrogens with zero attached hydrogens (tertiary/aromatic N) is 5. The fourth-order valence-electron chi connectivity index (χ4n) is 12.2. The molecule has 10 aromatic carbocycles. The van der Waals surface area contributed by atoms with Gasteiger partial charge in [-0.25, -0.2) is 4.99 Å². The second-order valence-corrected chi connectivity index (χ2v) is 40.4. The molecule has 0 aliphatic heterocycles. The van der Waals surface area contributed by atoms with Crippen molar-refractivity contribution in [1.82, 2.24) is 0 Å². The Morgan fingerprint density at radius 1 is 0.375 bits per heavy atom. The van der Waals surface area contributed by atoms with Gasteiger partial charge in [-0.2, -0.15) is 5.26 Å². The van der Waals surface area contributed by atoms with Crippen LogP contribution < -0.4 is 4.46 Å². The molecule has 0 spiro atoms. The number of hydrogen-bond donors (Lipinski definition) is 4. The minimum absolute atomic E-state index is 0.0000916. The molecule has 4 N–H and O–H groups in total. The molecule has 0 fully saturated rings. The number of benzene rings is 10. The number of phenols is 4. The summed E-state index contributed by atoms with van der Waals surface area (Å²) in [6.45, 7) is 53.7. The van der Waals surface area contributed by atoms with Crippen LogP contribution in [0.3, 0.4) is 0 Å². The van der Waals surface area contributed by atoms with Crippen molar-refractivity contribution in [3.63, 3.8) is 0 Å². The number of aromatic hydroxyl groups is 4. The van der Waals surface area contributed by atoms with Crippen molar-refractivity contribution in [2.24, 2.45) is 20.0 Å². The first-order valence-electron chi connectivity index (χ1n) is 38.4. The first-order valence-corrected chi connectivity index (χ1v) is 43.0. The van der Waals surface area contributed by atoms with E-state index in [9.17, 15) is 25.7 Å². The van der Waals surface area contributed by atoms with Gasteiger partial charge in [0.15, 0.2) is 0 Å². The SMILES string of the molecule is CC(C)(C)c1cc(C(=Nc2ccccc2Sc2ccccc2)c2ccccc2)c(O)c(C(C)(C)C)c1.CC(C)(C)c1cc(C=Nc2ccccc2C#N)c(O)c(C(C)(C)C)c1.CSc1ccccc1N=C(C)c1cc(C(C)(C)C)cc(C(C)(C)C)c1O.C[Se]c1ccccc1N=Cc1cc(C(C)(C)C)cc(C(C)(C)C)c1O. The van der Waals surface area contributed by atoms with Gasteiger partial charge in [-0.15, -0.1) is 11.8 Å². The van der Waals surface area contributed by atoms with Gasteiger partial charge in [0.05, 0.1) is 28.3 Å². The van der Waals surface area contributed by atoms with E-state index in [1.165, 1.54) is 21.2 Å². The molecule has 10 aromatic rings. The molecule has 0 bridgehead atoms. The molecule has 0 saturated carbocycles. The van der Waals surface area contributed by atoms with Crippen molar-refractivity contribution < 1.29 is 20.4 Å². The van der Waals surface area contributed by atoms with E-state index < -0.39 is 0 Å². The van der Waals surface area contributed by atoms with Gasteiger partial charge < -0.3 is 15.3 Å². The first kappa shape index (κ1) is 90.0. The third kappa shape index (κ3) is 24.4. The zero-order valence-electron chi connectivity index (χ0n) is 71.5. The van der Waals surface area contributed by atoms with Crippen molar-refractivity contribution >= 4 is 89.5 Å². The second-order valence-electron chi connectivity index (χ2n) is 36.7. The predicted molar refractivity (Wildman–Crippen MR) is 484 cm³/mol. The Balaban J connectivity index is 0.000000210. The summed E-state index contributed by atoms with van der Waals surface area (Å²) in [6, 6.07) is 71.1. The van der Waals surface area contributed by atoms with Crippen LogP contribution in [0.2, 0.25) is 5.82 Å². The number of rotatable bonds is 13. The fourth-order valence-corrected chi connectivity index (χ4v) is 14.8. The number of phenolic OH excluding ortho intramolecular Hbond substituents is 4. The van der Waals surface area contributed by atoms with E-state index in [1.807, 2.05) is 116 Å². The Morgan fingerprint density at radius 2 is 0.723 bits per heavy atom. The summed E-state index contributed by atoms with van der Waals surface area (Å²) >= 11 is 3.77. The maximum atomic E-state index is 11.6. The molecule has 588 valence electrons. The van der Waals surface area contributed by atoms with Gasteiger partial charge in [-0.05, 0) is 129 Å². The Kier molecular flexibility index (Phi) is 29.9. The molecule has 0 unspecified atom stereocenters. The van der Waals surface area contributed by atoms with Crippen LogP contribution in [0.5, 0.6) is 23.0 Å². The number of para-hydroxylation sites is 4. The van der Waals surface area contributed by atoms with Gasteiger partial charge in [-0.3, -0.25) is 9.98 Å². The van der Waals surface area contributed by atoms with Crippen LogP contribution in [0.4, 0.5) is 22.7 Å². The standard InChI is InChI=1S/C33H35NOS.C23H31NOS.C22H26N2O.C22H29NOSe/c1-32(2,3)24-21-26(31(35)27(22-24)33(4,5)6)30(23-15-9-7-10-16-23)34-28-19-13-14-20-29(28)36-25-17-11-8-12-18-25;1-15(24-19-11-9-10-12-20(19)26-8)17-13-16(22(2,3)4)14-18(21(17)25)23(5,6)7;1-21(2,3)17-11-16(20(25)18(12-17)22(4,5)6)14-24-19-10-8-7-9-15(19)13-23;1-21(2,3)16-12-15(20(24)17(13-16)22(4,5)6)14-23-18-10-8-9-11-19(18)25-7/h7-22,35H,1-6H3;9-14,25H,1-8H3;7-12,14,25H,1-6H3;8-14,24H,1-7H3. The molecule has 0 radical (unpaired) electrons. The van der Waals surface area contributed by atoms with Crippen LogP contribution >= 0.6 is 23.5 Å². The minimum atomic E-state index is -0.219. The molecule has 0 amide bonds. The predicted octanol–water partition coefficient (Wildman–Crippen LogP) is 26.9. The number of aliphatic imine (C=N–C) groups is 4. The molecule has 10 rings (SSSR count). The van der Waals surface area contributed by atoms with E-state index in [0.717, 1.165) is 93.2 Å². The molecule has 0 heterocycles. The van der Waals surface area contributed by atoms with Crippen LogP contribution in [0.1, 0.15) is 251 Å². The average molecular weight is 1600 g/mol. The molecule has 112 heavy (non-hydrogen) atoms. The van der Waals surface area contributed by atoms with Crippen molar-refractivity contribution in [2.75, 3.05) is 6.26 Å². The van der Waals surface area contributed by atoms with E-state index in [4.69, 9.17) is 9.98 Å². The van der Waals surface area contributed by atoms with Crippen LogP contribution in [0.25, 0.3) is 0 Å². The molecule has 0 saturated heterocycles. The first-order chi connectivity index (χ1) is 52.1. The van der Waals surface area contributed by atoms with Gasteiger partial charge in [0.1, 0.15) is 23.3 Å². The second kappa shape index (κ2) is 37.2. The molecule has 12 heteroatoms. The zero-order chi connectivity index (χ0) is 83.3. The van der Waals surface area contributed by atoms with Crippen molar-refractivity contribution in [3.05, 3.63) is 284 Å². The van der Waals surface area contributed by atoms with E-state index in [2.05, 4.69) is 285 Å². The van der Waals surface area contributed by atoms with Crippen LogP contribution in [-0.4, -0.2) is 65.5 Å². The van der Waals surface area contributed by atoms with E-state index in [1.54, 1.807) is 41.9 Å². The van der Waals surface area contributed by atoms with Crippen LogP contribution in [0.15, 0.2) is 241 Å². The zero-order valence-corrected chi connectivity index (χ0v) is 74.9. The van der Waals surface area contributed by atoms with Crippen LogP contribution in [-0.2, 0) is 43.3 Å². The van der Waals surface area contributed by atoms with Crippen molar-refractivity contribution in [1.29, 1.82) is 5.26 Å². The van der Waals surface area contributed by atoms with Gasteiger partial charge in [0, 0.05) is 65.6 Å². The number of thioether (sulfide) groups is 1. The van der Waals surface area contributed by atoms with Crippen LogP contribution in [0, 0.1) is 11.3 Å². The summed E-state index contributed by atoms with van der Waals surface area (Å²) in [5, 5.41) is 53.4. The van der Waals surface area contributed by atoms with E-state index >= 15 is 0 Å². The van der Waals surface area contributed by atoms with Crippen molar-refractivity contribution in [3.8, 4) is 29.1 Å². The monoisotopic (exact) mass is 1600 g/mol. The molecular weight excluding hydrogens is 1480 g/mol. The summed E-state index contributed by atoms with van der Waals surface area (Å²) in [5.74, 6) is 3.42. The molecule has 0 aliphatic rings. The Labute approximate surface area is 686 Å². The molecule has 0 aliphatic carbocycles. The van der Waals surface area contributed by atoms with Gasteiger partial charge in [0.2, 0.25) is 0 Å². The summed E-state index contributed by atoms with van der Waals surface area (Å²) in [7, 11) is 0. The van der Waals surface area contributed by atoms with Crippen molar-refractivity contribution in [2.45, 2.75) is 237 Å².